The molecule has 3 aliphatic rings. The van der Waals surface area contributed by atoms with Crippen LogP contribution in [-0.4, -0.2) is 71.3 Å². The van der Waals surface area contributed by atoms with E-state index in [0.29, 0.717) is 22.9 Å². The van der Waals surface area contributed by atoms with E-state index in [0.717, 1.165) is 12.8 Å². The summed E-state index contributed by atoms with van der Waals surface area (Å²) in [6.45, 7) is -0.703. The Hall–Kier alpha value is -1.55. The molecule has 0 aromatic carbocycles. The van der Waals surface area contributed by atoms with Crippen LogP contribution < -0.4 is 5.32 Å². The molecule has 0 spiro atoms. The largest absolute Gasteiger partial charge is 0.387 e. The highest BCUT2D eigenvalue weighted by molar-refractivity contribution is 7.70. The minimum absolute atomic E-state index is 0.0396. The van der Waals surface area contributed by atoms with E-state index >= 15 is 0 Å². The third kappa shape index (κ3) is 5.08. The number of rotatable bonds is 8. The molecule has 1 saturated heterocycles. The van der Waals surface area contributed by atoms with E-state index < -0.39 is 52.2 Å². The lowest BCUT2D eigenvalue weighted by Crippen LogP contribution is -2.33. The molecule has 2 aliphatic carbocycles. The van der Waals surface area contributed by atoms with Gasteiger partial charge in [0.25, 0.3) is 0 Å². The summed E-state index contributed by atoms with van der Waals surface area (Å²) in [4.78, 5) is 31.8. The predicted octanol–water partition coefficient (Wildman–Crippen LogP) is 1.73. The van der Waals surface area contributed by atoms with Crippen molar-refractivity contribution < 1.29 is 43.3 Å². The molecule has 13 nitrogen and oxygen atoms in total. The average molecular weight is 563 g/mol. The number of nitrogens with one attached hydrogen (secondary N) is 1. The minimum Gasteiger partial charge on any atom is -0.387 e. The Balaban J connectivity index is 1.39. The zero-order valence-electron chi connectivity index (χ0n) is 18.7. The van der Waals surface area contributed by atoms with Crippen LogP contribution in [0.5, 0.6) is 0 Å². The molecule has 36 heavy (non-hydrogen) atoms. The van der Waals surface area contributed by atoms with Crippen LogP contribution in [0.25, 0.3) is 11.0 Å². The second-order valence-electron chi connectivity index (χ2n) is 9.58. The molecule has 3 heterocycles. The van der Waals surface area contributed by atoms with Gasteiger partial charge in [-0.3, -0.25) is 9.13 Å². The maximum Gasteiger partial charge on any atom is 0.340 e. The van der Waals surface area contributed by atoms with Gasteiger partial charge in [-0.05, 0) is 37.2 Å². The fraction of sp³-hybridized carbons (Fsp3) is 0.600. The molecule has 7 atom stereocenters. The molecule has 2 aromatic heterocycles. The fourth-order valence-corrected chi connectivity index (χ4v) is 7.98. The Bertz CT molecular complexity index is 1320. The van der Waals surface area contributed by atoms with Crippen LogP contribution in [0.1, 0.15) is 31.1 Å². The molecule has 2 aromatic rings. The summed E-state index contributed by atoms with van der Waals surface area (Å²) in [5.41, 5.74) is 1.02. The highest BCUT2D eigenvalue weighted by Crippen LogP contribution is 2.56. The number of aromatic nitrogens is 2. The number of aliphatic hydroxyl groups excluding tert-OH is 2. The standard InChI is InChI=1S/C20H25ClN4O9P2/c21-18-13(6-22)15(23-11-4-9-3-10(9)5-11)12-1-2-25(19(12)24-18)20-17(27)16(26)14(34-20)7-33-36(31,32)8-35(28,29)30/h1-2,9-11,14,16-17,20,26-27H,3-5,7-8H2,(H,23,24)(H,31,32)(H2,28,29,30)/t9?,10?,11?,14-,16-,17-,20-/m1/s1. The fourth-order valence-electron chi connectivity index (χ4n) is 5.19. The van der Waals surface area contributed by atoms with Crippen LogP contribution in [0.15, 0.2) is 12.3 Å². The molecule has 2 saturated carbocycles. The van der Waals surface area contributed by atoms with Gasteiger partial charge >= 0.3 is 15.2 Å². The first-order valence-electron chi connectivity index (χ1n) is 11.3. The van der Waals surface area contributed by atoms with E-state index in [4.69, 9.17) is 30.6 Å². The van der Waals surface area contributed by atoms with Crippen molar-refractivity contribution in [2.75, 3.05) is 17.8 Å². The number of anilines is 1. The number of nitrogens with zero attached hydrogens (tertiary/aromatic N) is 3. The van der Waals surface area contributed by atoms with Crippen molar-refractivity contribution in [1.82, 2.24) is 9.55 Å². The third-order valence-corrected chi connectivity index (χ3v) is 10.7. The highest BCUT2D eigenvalue weighted by Gasteiger charge is 2.47. The predicted molar refractivity (Wildman–Crippen MR) is 126 cm³/mol. The first-order valence-corrected chi connectivity index (χ1v) is 15.2. The van der Waals surface area contributed by atoms with Crippen molar-refractivity contribution in [3.8, 4) is 6.07 Å². The Kier molecular flexibility index (Phi) is 6.76. The van der Waals surface area contributed by atoms with Crippen molar-refractivity contribution in [3.05, 3.63) is 23.0 Å². The van der Waals surface area contributed by atoms with Gasteiger partial charge in [0.2, 0.25) is 0 Å². The highest BCUT2D eigenvalue weighted by atomic mass is 35.5. The van der Waals surface area contributed by atoms with Crippen LogP contribution in [0.3, 0.4) is 0 Å². The molecule has 0 bridgehead atoms. The molecule has 3 fully saturated rings. The number of aliphatic hydroxyl groups is 2. The maximum absolute atomic E-state index is 11.9. The van der Waals surface area contributed by atoms with Gasteiger partial charge in [0, 0.05) is 17.6 Å². The van der Waals surface area contributed by atoms with Crippen LogP contribution >= 0.6 is 26.8 Å². The molecule has 3 unspecified atom stereocenters. The van der Waals surface area contributed by atoms with E-state index in [1.807, 2.05) is 0 Å². The zero-order chi connectivity index (χ0) is 26.0. The summed E-state index contributed by atoms with van der Waals surface area (Å²) in [5, 5.41) is 34.7. The van der Waals surface area contributed by atoms with Gasteiger partial charge in [-0.1, -0.05) is 11.6 Å². The van der Waals surface area contributed by atoms with E-state index in [2.05, 4.69) is 16.4 Å². The Labute approximate surface area is 210 Å². The molecule has 196 valence electrons. The second kappa shape index (κ2) is 9.33. The number of pyridine rings is 1. The summed E-state index contributed by atoms with van der Waals surface area (Å²) in [6, 6.07) is 3.98. The molecular weight excluding hydrogens is 538 g/mol. The number of hydrogen-bond acceptors (Lipinski definition) is 9. The first-order chi connectivity index (χ1) is 16.9. The van der Waals surface area contributed by atoms with Crippen LogP contribution in [0.2, 0.25) is 5.15 Å². The van der Waals surface area contributed by atoms with Gasteiger partial charge in [-0.25, -0.2) is 4.98 Å². The summed E-state index contributed by atoms with van der Waals surface area (Å²) in [5.74, 6) is 0.0342. The van der Waals surface area contributed by atoms with Gasteiger partial charge in [-0.15, -0.1) is 0 Å². The number of ether oxygens (including phenoxy) is 1. The molecule has 0 amide bonds. The van der Waals surface area contributed by atoms with Crippen molar-refractivity contribution in [1.29, 1.82) is 5.26 Å². The van der Waals surface area contributed by atoms with Crippen LogP contribution in [0, 0.1) is 23.2 Å². The van der Waals surface area contributed by atoms with Gasteiger partial charge in [0.15, 0.2) is 17.3 Å². The van der Waals surface area contributed by atoms with E-state index in [-0.39, 0.29) is 22.4 Å². The van der Waals surface area contributed by atoms with Gasteiger partial charge in [0.1, 0.15) is 35.6 Å². The second-order valence-corrected chi connectivity index (χ2v) is 13.9. The number of nitriles is 1. The third-order valence-electron chi connectivity index (χ3n) is 6.94. The van der Waals surface area contributed by atoms with Crippen LogP contribution in [-0.2, 0) is 18.4 Å². The smallest absolute Gasteiger partial charge is 0.340 e. The first kappa shape index (κ1) is 26.1. The van der Waals surface area contributed by atoms with Gasteiger partial charge in [-0.2, -0.15) is 5.26 Å². The van der Waals surface area contributed by atoms with E-state index in [9.17, 15) is 29.5 Å². The molecule has 1 aliphatic heterocycles. The summed E-state index contributed by atoms with van der Waals surface area (Å²) in [6.07, 6.45) is -0.699. The Morgan fingerprint density at radius 3 is 2.56 bits per heavy atom. The SMILES string of the molecule is N#Cc1c(Cl)nc2c(ccn2[C@@H]2O[C@H](COP(=O)(O)CP(=O)(O)O)[C@@H](O)[C@H]2O)c1NC1CC2CC2C1. The maximum atomic E-state index is 11.9. The van der Waals surface area contributed by atoms with E-state index in [1.165, 1.54) is 11.0 Å². The average Bonchev–Trinajstić information content (AvgIpc) is 3.07. The Morgan fingerprint density at radius 1 is 1.22 bits per heavy atom. The monoisotopic (exact) mass is 562 g/mol. The van der Waals surface area contributed by atoms with Crippen LogP contribution in [0.4, 0.5) is 5.69 Å². The van der Waals surface area contributed by atoms with Gasteiger partial charge < -0.3 is 44.0 Å². The molecular formula is C20H25ClN4O9P2. The molecule has 5 rings (SSSR count). The van der Waals surface area contributed by atoms with Crippen molar-refractivity contribution in [2.24, 2.45) is 11.8 Å². The van der Waals surface area contributed by atoms with Crippen molar-refractivity contribution >= 4 is 43.5 Å². The van der Waals surface area contributed by atoms with E-state index in [1.54, 1.807) is 12.3 Å². The summed E-state index contributed by atoms with van der Waals surface area (Å²) in [7, 11) is -9.51. The molecule has 6 N–H and O–H groups in total. The number of fused-ring (bicyclic) bond motifs is 2. The lowest BCUT2D eigenvalue weighted by atomic mass is 10.1. The number of halogens is 1. The molecule has 0 radical (unpaired) electrons. The lowest BCUT2D eigenvalue weighted by molar-refractivity contribution is -0.0481. The quantitative estimate of drug-likeness (QED) is 0.201. The van der Waals surface area contributed by atoms with Crippen molar-refractivity contribution in [2.45, 2.75) is 49.8 Å². The van der Waals surface area contributed by atoms with Gasteiger partial charge in [0.05, 0.1) is 12.3 Å². The normalized spacial score (nSPS) is 33.3. The lowest BCUT2D eigenvalue weighted by Gasteiger charge is -2.20. The summed E-state index contributed by atoms with van der Waals surface area (Å²) >= 11 is 6.33. The van der Waals surface area contributed by atoms with Crippen molar-refractivity contribution in [3.63, 3.8) is 0 Å². The zero-order valence-corrected chi connectivity index (χ0v) is 21.3. The summed E-state index contributed by atoms with van der Waals surface area (Å²) < 4.78 is 34.8. The topological polar surface area (TPSA) is 207 Å². The Morgan fingerprint density at radius 2 is 1.92 bits per heavy atom. The minimum atomic E-state index is -4.83. The number of hydrogen-bond donors (Lipinski definition) is 6. The molecule has 16 heteroatoms.